The summed E-state index contributed by atoms with van der Waals surface area (Å²) in [6.07, 6.45) is 2.37. The summed E-state index contributed by atoms with van der Waals surface area (Å²) < 4.78 is 28.0. The number of esters is 2. The monoisotopic (exact) mass is 576 g/mol. The summed E-state index contributed by atoms with van der Waals surface area (Å²) >= 11 is 0. The number of fused-ring (bicyclic) bond motifs is 3. The van der Waals surface area contributed by atoms with E-state index in [4.69, 9.17) is 23.7 Å². The standard InChI is InChI=1S/C35H28O8/c1-39-24-13-9-21(10-14-24)17-18-41-28-6-4-3-5-25(28)27-20-31(36)42-29-16-15-26-33(37)30(43-34(26)32(27)29)19-22-7-11-23(12-8-22)35(38)40-2/h3-16,19,27H,17-18,20H2,1-2H3. The van der Waals surface area contributed by atoms with Gasteiger partial charge in [0, 0.05) is 23.5 Å². The first-order chi connectivity index (χ1) is 20.9. The normalized spacial score (nSPS) is 16.1. The Balaban J connectivity index is 1.29. The van der Waals surface area contributed by atoms with Crippen LogP contribution >= 0.6 is 0 Å². The lowest BCUT2D eigenvalue weighted by molar-refractivity contribution is -0.135. The van der Waals surface area contributed by atoms with Crippen molar-refractivity contribution in [2.75, 3.05) is 20.8 Å². The number of ketones is 1. The van der Waals surface area contributed by atoms with Gasteiger partial charge in [-0.25, -0.2) is 4.79 Å². The Bertz CT molecular complexity index is 1740. The number of Topliss-reactive ketones (excluding diaryl/α,β-unsaturated/α-hetero) is 1. The molecule has 1 unspecified atom stereocenters. The Labute approximate surface area is 248 Å². The zero-order chi connectivity index (χ0) is 29.9. The van der Waals surface area contributed by atoms with E-state index in [9.17, 15) is 14.4 Å². The number of ether oxygens (including phenoxy) is 5. The van der Waals surface area contributed by atoms with Crippen LogP contribution in [0.3, 0.4) is 0 Å². The van der Waals surface area contributed by atoms with Crippen LogP contribution in [0.4, 0.5) is 0 Å². The zero-order valence-corrected chi connectivity index (χ0v) is 23.6. The largest absolute Gasteiger partial charge is 0.497 e. The maximum absolute atomic E-state index is 13.4. The molecule has 8 heteroatoms. The van der Waals surface area contributed by atoms with Crippen molar-refractivity contribution >= 4 is 23.8 Å². The molecule has 2 aliphatic heterocycles. The lowest BCUT2D eigenvalue weighted by Crippen LogP contribution is -2.22. The van der Waals surface area contributed by atoms with E-state index in [1.54, 1.807) is 49.6 Å². The molecule has 216 valence electrons. The van der Waals surface area contributed by atoms with Gasteiger partial charge < -0.3 is 23.7 Å². The van der Waals surface area contributed by atoms with Gasteiger partial charge in [-0.05, 0) is 59.7 Å². The molecular formula is C35H28O8. The molecule has 2 heterocycles. The second-order valence-corrected chi connectivity index (χ2v) is 10.1. The van der Waals surface area contributed by atoms with Crippen molar-refractivity contribution in [3.8, 4) is 23.0 Å². The lowest BCUT2D eigenvalue weighted by Gasteiger charge is -2.27. The minimum absolute atomic E-state index is 0.0634. The van der Waals surface area contributed by atoms with Crippen molar-refractivity contribution in [3.63, 3.8) is 0 Å². The fraction of sp³-hybridized carbons (Fsp3) is 0.171. The van der Waals surface area contributed by atoms with Crippen LogP contribution in [-0.2, 0) is 16.0 Å². The van der Waals surface area contributed by atoms with Crippen molar-refractivity contribution in [1.29, 1.82) is 0 Å². The highest BCUT2D eigenvalue weighted by molar-refractivity contribution is 6.15. The molecule has 1 atom stereocenters. The number of allylic oxidation sites excluding steroid dienone is 1. The smallest absolute Gasteiger partial charge is 0.337 e. The van der Waals surface area contributed by atoms with Gasteiger partial charge in [-0.2, -0.15) is 0 Å². The van der Waals surface area contributed by atoms with Crippen LogP contribution in [0.2, 0.25) is 0 Å². The topological polar surface area (TPSA) is 97.4 Å². The summed E-state index contributed by atoms with van der Waals surface area (Å²) in [5.74, 6) is 0.729. The second-order valence-electron chi connectivity index (χ2n) is 10.1. The minimum atomic E-state index is -0.449. The molecule has 4 aromatic carbocycles. The van der Waals surface area contributed by atoms with E-state index in [0.29, 0.717) is 52.5 Å². The molecule has 0 radical (unpaired) electrons. The first-order valence-corrected chi connectivity index (χ1v) is 13.8. The molecule has 6 rings (SSSR count). The quantitative estimate of drug-likeness (QED) is 0.140. The number of methoxy groups -OCH3 is 2. The van der Waals surface area contributed by atoms with Crippen molar-refractivity contribution in [2.24, 2.45) is 0 Å². The van der Waals surface area contributed by atoms with Crippen LogP contribution in [-0.4, -0.2) is 38.5 Å². The zero-order valence-electron chi connectivity index (χ0n) is 23.6. The number of hydrogen-bond acceptors (Lipinski definition) is 8. The van der Waals surface area contributed by atoms with E-state index in [-0.39, 0.29) is 23.9 Å². The van der Waals surface area contributed by atoms with Gasteiger partial charge in [0.2, 0.25) is 5.78 Å². The summed E-state index contributed by atoms with van der Waals surface area (Å²) in [7, 11) is 2.95. The fourth-order valence-electron chi connectivity index (χ4n) is 5.33. The maximum atomic E-state index is 13.4. The molecule has 8 nitrogen and oxygen atoms in total. The molecule has 0 amide bonds. The average molecular weight is 577 g/mol. The Morgan fingerprint density at radius 3 is 2.42 bits per heavy atom. The number of benzene rings is 4. The summed E-state index contributed by atoms with van der Waals surface area (Å²) in [5.41, 5.74) is 3.99. The fourth-order valence-corrected chi connectivity index (χ4v) is 5.33. The van der Waals surface area contributed by atoms with E-state index in [1.165, 1.54) is 7.11 Å². The Hall–Kier alpha value is -5.37. The molecule has 2 aliphatic rings. The number of carbonyl (C=O) groups excluding carboxylic acids is 3. The van der Waals surface area contributed by atoms with Gasteiger partial charge in [0.1, 0.15) is 23.0 Å². The number of rotatable bonds is 8. The molecule has 0 saturated heterocycles. The van der Waals surface area contributed by atoms with E-state index < -0.39 is 11.9 Å². The number of para-hydroxylation sites is 1. The predicted octanol–water partition coefficient (Wildman–Crippen LogP) is 6.16. The van der Waals surface area contributed by atoms with Crippen LogP contribution in [0, 0.1) is 0 Å². The summed E-state index contributed by atoms with van der Waals surface area (Å²) in [5, 5.41) is 0. The SMILES string of the molecule is COC(=O)c1ccc(C=C2Oc3c(ccc4c3C(c3ccccc3OCCc3ccc(OC)cc3)CC(=O)O4)C2=O)cc1. The minimum Gasteiger partial charge on any atom is -0.497 e. The average Bonchev–Trinajstić information content (AvgIpc) is 3.35. The summed E-state index contributed by atoms with van der Waals surface area (Å²) in [6.45, 7) is 0.427. The molecule has 0 saturated carbocycles. The third-order valence-corrected chi connectivity index (χ3v) is 7.51. The van der Waals surface area contributed by atoms with Crippen LogP contribution in [0.15, 0.2) is 90.7 Å². The Morgan fingerprint density at radius 1 is 0.907 bits per heavy atom. The number of hydrogen-bond donors (Lipinski definition) is 0. The lowest BCUT2D eigenvalue weighted by atomic mass is 9.84. The second kappa shape index (κ2) is 11.9. The number of carbonyl (C=O) groups is 3. The third kappa shape index (κ3) is 5.59. The predicted molar refractivity (Wildman–Crippen MR) is 158 cm³/mol. The van der Waals surface area contributed by atoms with Crippen LogP contribution in [0.5, 0.6) is 23.0 Å². The van der Waals surface area contributed by atoms with E-state index in [1.807, 2.05) is 48.5 Å². The maximum Gasteiger partial charge on any atom is 0.337 e. The first kappa shape index (κ1) is 27.8. The Morgan fingerprint density at radius 2 is 1.67 bits per heavy atom. The molecule has 43 heavy (non-hydrogen) atoms. The van der Waals surface area contributed by atoms with Gasteiger partial charge in [0.15, 0.2) is 5.76 Å². The van der Waals surface area contributed by atoms with Crippen LogP contribution in [0.1, 0.15) is 55.3 Å². The Kier molecular flexibility index (Phi) is 7.66. The van der Waals surface area contributed by atoms with Crippen molar-refractivity contribution in [2.45, 2.75) is 18.8 Å². The molecule has 0 spiro atoms. The van der Waals surface area contributed by atoms with E-state index in [2.05, 4.69) is 0 Å². The molecule has 0 aliphatic carbocycles. The molecule has 0 N–H and O–H groups in total. The highest BCUT2D eigenvalue weighted by Gasteiger charge is 2.39. The van der Waals surface area contributed by atoms with E-state index in [0.717, 1.165) is 16.9 Å². The summed E-state index contributed by atoms with van der Waals surface area (Å²) in [4.78, 5) is 37.9. The molecule has 4 aromatic rings. The highest BCUT2D eigenvalue weighted by Crippen LogP contribution is 2.50. The van der Waals surface area contributed by atoms with Crippen molar-refractivity contribution in [3.05, 3.63) is 124 Å². The first-order valence-electron chi connectivity index (χ1n) is 13.8. The van der Waals surface area contributed by atoms with Gasteiger partial charge in [0.05, 0.1) is 38.4 Å². The molecule has 0 bridgehead atoms. The van der Waals surface area contributed by atoms with Crippen molar-refractivity contribution in [1.82, 2.24) is 0 Å². The van der Waals surface area contributed by atoms with Gasteiger partial charge in [0.25, 0.3) is 0 Å². The molecule has 0 aromatic heterocycles. The van der Waals surface area contributed by atoms with Gasteiger partial charge in [-0.15, -0.1) is 0 Å². The van der Waals surface area contributed by atoms with Gasteiger partial charge in [-0.1, -0.05) is 42.5 Å². The van der Waals surface area contributed by atoms with Crippen LogP contribution < -0.4 is 18.9 Å². The summed E-state index contributed by atoms with van der Waals surface area (Å²) in [6, 6.07) is 25.3. The van der Waals surface area contributed by atoms with Crippen molar-refractivity contribution < 1.29 is 38.1 Å². The van der Waals surface area contributed by atoms with Crippen LogP contribution in [0.25, 0.3) is 6.08 Å². The third-order valence-electron chi connectivity index (χ3n) is 7.51. The highest BCUT2D eigenvalue weighted by atomic mass is 16.5. The molecular weight excluding hydrogens is 548 g/mol. The van der Waals surface area contributed by atoms with Gasteiger partial charge >= 0.3 is 11.9 Å². The van der Waals surface area contributed by atoms with E-state index >= 15 is 0 Å². The molecule has 0 fully saturated rings. The van der Waals surface area contributed by atoms with Gasteiger partial charge in [-0.3, -0.25) is 9.59 Å².